The topological polar surface area (TPSA) is 82.1 Å². The van der Waals surface area contributed by atoms with E-state index in [0.717, 1.165) is 17.1 Å². The molecule has 2 rings (SSSR count). The first kappa shape index (κ1) is 15.1. The van der Waals surface area contributed by atoms with E-state index in [2.05, 4.69) is 15.1 Å². The van der Waals surface area contributed by atoms with Gasteiger partial charge in [-0.05, 0) is 20.8 Å². The number of anilines is 2. The number of hydrogen-bond acceptors (Lipinski definition) is 6. The van der Waals surface area contributed by atoms with Gasteiger partial charge < -0.3 is 15.4 Å². The molecule has 0 unspecified atom stereocenters. The van der Waals surface area contributed by atoms with E-state index in [1.807, 2.05) is 50.6 Å². The van der Waals surface area contributed by atoms with E-state index < -0.39 is 0 Å². The summed E-state index contributed by atoms with van der Waals surface area (Å²) in [6, 6.07) is 1.79. The van der Waals surface area contributed by atoms with Gasteiger partial charge in [0.25, 0.3) is 0 Å². The van der Waals surface area contributed by atoms with Crippen LogP contribution in [0.3, 0.4) is 0 Å². The van der Waals surface area contributed by atoms with Crippen molar-refractivity contribution in [1.82, 2.24) is 19.7 Å². The van der Waals surface area contributed by atoms with E-state index in [9.17, 15) is 0 Å². The highest BCUT2D eigenvalue weighted by Gasteiger charge is 2.12. The molecule has 0 spiro atoms. The predicted molar refractivity (Wildman–Crippen MR) is 82.3 cm³/mol. The van der Waals surface area contributed by atoms with E-state index in [1.54, 1.807) is 6.07 Å². The van der Waals surface area contributed by atoms with E-state index in [-0.39, 0.29) is 12.1 Å². The maximum absolute atomic E-state index is 5.75. The maximum atomic E-state index is 5.75. The highest BCUT2D eigenvalue weighted by Crippen LogP contribution is 2.20. The normalized spacial score (nSPS) is 11.0. The molecule has 21 heavy (non-hydrogen) atoms. The number of hydrogen-bond donors (Lipinski definition) is 1. The summed E-state index contributed by atoms with van der Waals surface area (Å²) in [5.41, 5.74) is 8.02. The van der Waals surface area contributed by atoms with Crippen LogP contribution in [0.15, 0.2) is 12.3 Å². The molecule has 0 bridgehead atoms. The van der Waals surface area contributed by atoms with Crippen molar-refractivity contribution in [2.45, 2.75) is 33.4 Å². The van der Waals surface area contributed by atoms with E-state index in [4.69, 9.17) is 10.5 Å². The molecule has 0 fully saturated rings. The summed E-state index contributed by atoms with van der Waals surface area (Å²) in [7, 11) is 3.88. The second-order valence-corrected chi connectivity index (χ2v) is 5.32. The van der Waals surface area contributed by atoms with Crippen LogP contribution in [0, 0.1) is 6.92 Å². The highest BCUT2D eigenvalue weighted by molar-refractivity contribution is 5.45. The zero-order valence-electron chi connectivity index (χ0n) is 13.2. The molecular weight excluding hydrogens is 268 g/mol. The minimum absolute atomic E-state index is 0.0398. The molecule has 0 aliphatic heterocycles. The molecule has 0 radical (unpaired) electrons. The fourth-order valence-corrected chi connectivity index (χ4v) is 1.96. The van der Waals surface area contributed by atoms with Gasteiger partial charge >= 0.3 is 0 Å². The van der Waals surface area contributed by atoms with Crippen molar-refractivity contribution in [3.63, 3.8) is 0 Å². The molecule has 7 heteroatoms. The van der Waals surface area contributed by atoms with Gasteiger partial charge in [0.2, 0.25) is 11.8 Å². The summed E-state index contributed by atoms with van der Waals surface area (Å²) in [5, 5.41) is 4.25. The molecule has 0 saturated carbocycles. The average molecular weight is 290 g/mol. The molecule has 2 aromatic rings. The monoisotopic (exact) mass is 290 g/mol. The first-order chi connectivity index (χ1) is 9.86. The highest BCUT2D eigenvalue weighted by atomic mass is 16.5. The minimum atomic E-state index is 0.0398. The van der Waals surface area contributed by atoms with Crippen LogP contribution >= 0.6 is 0 Å². The van der Waals surface area contributed by atoms with Crippen LogP contribution in [0.1, 0.15) is 25.1 Å². The van der Waals surface area contributed by atoms with Gasteiger partial charge in [0, 0.05) is 38.0 Å². The van der Waals surface area contributed by atoms with Crippen LogP contribution < -0.4 is 15.4 Å². The zero-order chi connectivity index (χ0) is 15.6. The van der Waals surface area contributed by atoms with Gasteiger partial charge in [0.05, 0.1) is 12.3 Å². The lowest BCUT2D eigenvalue weighted by atomic mass is 10.2. The molecule has 2 N–H and O–H groups in total. The van der Waals surface area contributed by atoms with Crippen LogP contribution in [-0.2, 0) is 13.6 Å². The number of ether oxygens (including phenoxy) is 1. The fraction of sp³-hybridized carbons (Fsp3) is 0.500. The lowest BCUT2D eigenvalue weighted by Crippen LogP contribution is -2.19. The van der Waals surface area contributed by atoms with Crippen LogP contribution in [0.5, 0.6) is 5.88 Å². The third-order valence-corrected chi connectivity index (χ3v) is 3.20. The Morgan fingerprint density at radius 1 is 1.38 bits per heavy atom. The molecule has 0 amide bonds. The van der Waals surface area contributed by atoms with Gasteiger partial charge in [-0.25, -0.2) is 0 Å². The Bertz CT molecular complexity index is 622. The molecule has 0 aromatic carbocycles. The number of aromatic nitrogens is 4. The number of nitrogens with zero attached hydrogens (tertiary/aromatic N) is 5. The fourth-order valence-electron chi connectivity index (χ4n) is 1.96. The Morgan fingerprint density at radius 3 is 2.67 bits per heavy atom. The lowest BCUT2D eigenvalue weighted by molar-refractivity contribution is 0.232. The second-order valence-electron chi connectivity index (χ2n) is 5.32. The summed E-state index contributed by atoms with van der Waals surface area (Å²) in [4.78, 5) is 10.3. The van der Waals surface area contributed by atoms with E-state index in [1.165, 1.54) is 0 Å². The largest absolute Gasteiger partial charge is 0.475 e. The van der Waals surface area contributed by atoms with Crippen LogP contribution in [-0.4, -0.2) is 32.9 Å². The van der Waals surface area contributed by atoms with Gasteiger partial charge in [0.1, 0.15) is 5.82 Å². The van der Waals surface area contributed by atoms with Crippen molar-refractivity contribution < 1.29 is 4.74 Å². The SMILES string of the molecule is Cc1c(CN(C)c2cc(OC(C)C)nc(N)n2)cnn1C. The Hall–Kier alpha value is -2.31. The Morgan fingerprint density at radius 2 is 2.10 bits per heavy atom. The average Bonchev–Trinajstić information content (AvgIpc) is 2.69. The lowest BCUT2D eigenvalue weighted by Gasteiger charge is -2.19. The molecule has 0 atom stereocenters. The molecule has 114 valence electrons. The third kappa shape index (κ3) is 3.62. The quantitative estimate of drug-likeness (QED) is 0.899. The smallest absolute Gasteiger partial charge is 0.225 e. The Balaban J connectivity index is 2.20. The van der Waals surface area contributed by atoms with Crippen molar-refractivity contribution >= 4 is 11.8 Å². The molecule has 0 saturated heterocycles. The van der Waals surface area contributed by atoms with Gasteiger partial charge in [-0.15, -0.1) is 0 Å². The minimum Gasteiger partial charge on any atom is -0.475 e. The van der Waals surface area contributed by atoms with E-state index >= 15 is 0 Å². The first-order valence-corrected chi connectivity index (χ1v) is 6.86. The summed E-state index contributed by atoms with van der Waals surface area (Å²) in [5.74, 6) is 1.42. The number of rotatable bonds is 5. The Kier molecular flexibility index (Phi) is 4.30. The van der Waals surface area contributed by atoms with Crippen molar-refractivity contribution in [3.8, 4) is 5.88 Å². The van der Waals surface area contributed by atoms with Gasteiger partial charge in [-0.1, -0.05) is 0 Å². The molecule has 7 nitrogen and oxygen atoms in total. The maximum Gasteiger partial charge on any atom is 0.225 e. The van der Waals surface area contributed by atoms with Gasteiger partial charge in [-0.3, -0.25) is 4.68 Å². The predicted octanol–water partition coefficient (Wildman–Crippen LogP) is 1.52. The molecule has 2 aromatic heterocycles. The molecule has 0 aliphatic carbocycles. The number of aryl methyl sites for hydroxylation is 1. The van der Waals surface area contributed by atoms with Crippen molar-refractivity contribution in [1.29, 1.82) is 0 Å². The van der Waals surface area contributed by atoms with Crippen LogP contribution in [0.2, 0.25) is 0 Å². The summed E-state index contributed by atoms with van der Waals surface area (Å²) in [6.45, 7) is 6.62. The number of nitrogen functional groups attached to an aromatic ring is 1. The second kappa shape index (κ2) is 5.99. The van der Waals surface area contributed by atoms with Crippen LogP contribution in [0.4, 0.5) is 11.8 Å². The number of nitrogens with two attached hydrogens (primary N) is 1. The standard InChI is InChI=1S/C14H22N6O/c1-9(2)21-13-6-12(17-14(15)18-13)19(4)8-11-7-16-20(5)10(11)3/h6-7,9H,8H2,1-5H3,(H2,15,17,18). The Labute approximate surface area is 124 Å². The van der Waals surface area contributed by atoms with E-state index in [0.29, 0.717) is 12.4 Å². The van der Waals surface area contributed by atoms with Crippen molar-refractivity contribution in [3.05, 3.63) is 23.5 Å². The van der Waals surface area contributed by atoms with Crippen molar-refractivity contribution in [2.24, 2.45) is 7.05 Å². The summed E-state index contributed by atoms with van der Waals surface area (Å²) in [6.07, 6.45) is 1.90. The van der Waals surface area contributed by atoms with Gasteiger partial charge in [-0.2, -0.15) is 15.1 Å². The summed E-state index contributed by atoms with van der Waals surface area (Å²) >= 11 is 0. The molecule has 2 heterocycles. The first-order valence-electron chi connectivity index (χ1n) is 6.86. The van der Waals surface area contributed by atoms with Gasteiger partial charge in [0.15, 0.2) is 0 Å². The molecular formula is C14H22N6O. The third-order valence-electron chi connectivity index (χ3n) is 3.20. The summed E-state index contributed by atoms with van der Waals surface area (Å²) < 4.78 is 7.44. The zero-order valence-corrected chi connectivity index (χ0v) is 13.2. The van der Waals surface area contributed by atoms with Crippen LogP contribution in [0.25, 0.3) is 0 Å². The molecule has 0 aliphatic rings. The van der Waals surface area contributed by atoms with Crippen molar-refractivity contribution in [2.75, 3.05) is 17.7 Å².